The summed E-state index contributed by atoms with van der Waals surface area (Å²) in [5, 5.41) is 3.11. The van der Waals surface area contributed by atoms with Crippen molar-refractivity contribution in [2.24, 2.45) is 5.92 Å². The van der Waals surface area contributed by atoms with Crippen LogP contribution in [0.5, 0.6) is 0 Å². The summed E-state index contributed by atoms with van der Waals surface area (Å²) in [5.41, 5.74) is 1.40. The first-order valence-corrected chi connectivity index (χ1v) is 11.1. The topological polar surface area (TPSA) is 48.7 Å². The third-order valence-corrected chi connectivity index (χ3v) is 6.40. The molecule has 0 saturated carbocycles. The first kappa shape index (κ1) is 20.2. The van der Waals surface area contributed by atoms with Gasteiger partial charge in [0.25, 0.3) is 0 Å². The van der Waals surface area contributed by atoms with Crippen LogP contribution in [0.25, 0.3) is 0 Å². The second-order valence-electron chi connectivity index (χ2n) is 8.45. The normalized spacial score (nSPS) is 21.9. The Morgan fingerprint density at radius 3 is 2.62 bits per heavy atom. The van der Waals surface area contributed by atoms with Gasteiger partial charge in [0.05, 0.1) is 12.2 Å². The van der Waals surface area contributed by atoms with Gasteiger partial charge in [-0.3, -0.25) is 14.6 Å². The number of carbonyl (C=O) groups is 1. The minimum Gasteiger partial charge on any atom is -0.469 e. The number of hydrogen-bond acceptors (Lipinski definition) is 4. The number of nitrogens with zero attached hydrogens (tertiary/aromatic N) is 2. The maximum absolute atomic E-state index is 12.6. The molecule has 5 heteroatoms. The fourth-order valence-corrected chi connectivity index (χ4v) is 4.74. The molecule has 2 fully saturated rings. The average Bonchev–Trinajstić information content (AvgIpc) is 3.29. The highest BCUT2D eigenvalue weighted by molar-refractivity contribution is 5.78. The Morgan fingerprint density at radius 1 is 1.03 bits per heavy atom. The summed E-state index contributed by atoms with van der Waals surface area (Å²) in [4.78, 5) is 17.8. The number of piperidine rings is 2. The number of furan rings is 1. The minimum atomic E-state index is 0.127. The SMILES string of the molecule is O=C(NCCc1ccco1)C1CCCN(C2CCN(Cc3ccccc3)CC2)C1. The highest BCUT2D eigenvalue weighted by atomic mass is 16.3. The summed E-state index contributed by atoms with van der Waals surface area (Å²) in [5.74, 6) is 1.27. The molecule has 1 atom stereocenters. The molecule has 1 amide bonds. The summed E-state index contributed by atoms with van der Waals surface area (Å²) in [6, 6.07) is 15.2. The maximum atomic E-state index is 12.6. The summed E-state index contributed by atoms with van der Waals surface area (Å²) in [6.45, 7) is 6.05. The molecular formula is C24H33N3O2. The predicted molar refractivity (Wildman–Crippen MR) is 114 cm³/mol. The standard InChI is InChI=1S/C24H33N3O2/c28-24(25-13-10-23-9-5-17-29-23)21-8-4-14-27(19-21)22-11-15-26(16-12-22)18-20-6-2-1-3-7-20/h1-3,5-7,9,17,21-22H,4,8,10-16,18-19H2,(H,25,28). The maximum Gasteiger partial charge on any atom is 0.224 e. The van der Waals surface area contributed by atoms with Crippen LogP contribution in [0, 0.1) is 5.92 Å². The summed E-state index contributed by atoms with van der Waals surface area (Å²) in [6.07, 6.45) is 6.99. The molecule has 1 N–H and O–H groups in total. The van der Waals surface area contributed by atoms with Gasteiger partial charge < -0.3 is 9.73 Å². The molecule has 4 rings (SSSR count). The van der Waals surface area contributed by atoms with Crippen molar-refractivity contribution in [2.45, 2.75) is 44.7 Å². The second kappa shape index (κ2) is 10.1. The van der Waals surface area contributed by atoms with E-state index >= 15 is 0 Å². The van der Waals surface area contributed by atoms with E-state index in [4.69, 9.17) is 4.42 Å². The van der Waals surface area contributed by atoms with Gasteiger partial charge in [-0.05, 0) is 63.0 Å². The van der Waals surface area contributed by atoms with Crippen molar-refractivity contribution in [2.75, 3.05) is 32.7 Å². The zero-order valence-electron chi connectivity index (χ0n) is 17.3. The number of carbonyl (C=O) groups excluding carboxylic acids is 1. The van der Waals surface area contributed by atoms with Gasteiger partial charge in [0.15, 0.2) is 0 Å². The lowest BCUT2D eigenvalue weighted by molar-refractivity contribution is -0.127. The Bertz CT molecular complexity index is 739. The Hall–Kier alpha value is -2.11. The molecule has 1 aromatic heterocycles. The average molecular weight is 396 g/mol. The molecule has 1 unspecified atom stereocenters. The number of nitrogens with one attached hydrogen (secondary N) is 1. The molecule has 5 nitrogen and oxygen atoms in total. The van der Waals surface area contributed by atoms with Gasteiger partial charge in [0, 0.05) is 32.1 Å². The Balaban J connectivity index is 1.20. The molecule has 0 spiro atoms. The lowest BCUT2D eigenvalue weighted by Crippen LogP contribution is -2.50. The van der Waals surface area contributed by atoms with E-state index in [9.17, 15) is 4.79 Å². The third kappa shape index (κ3) is 5.71. The number of benzene rings is 1. The van der Waals surface area contributed by atoms with Crippen LogP contribution < -0.4 is 5.32 Å². The molecule has 3 heterocycles. The number of amides is 1. The van der Waals surface area contributed by atoms with Crippen molar-refractivity contribution in [3.8, 4) is 0 Å². The van der Waals surface area contributed by atoms with E-state index < -0.39 is 0 Å². The van der Waals surface area contributed by atoms with Crippen LogP contribution in [-0.4, -0.2) is 54.5 Å². The van der Waals surface area contributed by atoms with Crippen molar-refractivity contribution in [3.05, 3.63) is 60.1 Å². The largest absolute Gasteiger partial charge is 0.469 e. The lowest BCUT2D eigenvalue weighted by atomic mass is 9.93. The molecule has 156 valence electrons. The quantitative estimate of drug-likeness (QED) is 0.781. The van der Waals surface area contributed by atoms with Gasteiger partial charge in [-0.15, -0.1) is 0 Å². The molecule has 2 aliphatic rings. The fourth-order valence-electron chi connectivity index (χ4n) is 4.74. The number of likely N-dealkylation sites (tertiary alicyclic amines) is 2. The van der Waals surface area contributed by atoms with Crippen molar-refractivity contribution in [1.29, 1.82) is 0 Å². The molecule has 0 aliphatic carbocycles. The van der Waals surface area contributed by atoms with Gasteiger partial charge in [-0.1, -0.05) is 30.3 Å². The van der Waals surface area contributed by atoms with Gasteiger partial charge in [0.1, 0.15) is 5.76 Å². The van der Waals surface area contributed by atoms with Crippen LogP contribution in [0.15, 0.2) is 53.1 Å². The number of hydrogen-bond donors (Lipinski definition) is 1. The van der Waals surface area contributed by atoms with Crippen molar-refractivity contribution in [1.82, 2.24) is 15.1 Å². The Labute approximate surface area is 174 Å². The van der Waals surface area contributed by atoms with Crippen LogP contribution >= 0.6 is 0 Å². The Morgan fingerprint density at radius 2 is 1.86 bits per heavy atom. The van der Waals surface area contributed by atoms with E-state index in [0.29, 0.717) is 12.6 Å². The molecule has 0 bridgehead atoms. The van der Waals surface area contributed by atoms with Gasteiger partial charge >= 0.3 is 0 Å². The van der Waals surface area contributed by atoms with Crippen LogP contribution in [-0.2, 0) is 17.8 Å². The van der Waals surface area contributed by atoms with Crippen molar-refractivity contribution < 1.29 is 9.21 Å². The minimum absolute atomic E-state index is 0.127. The van der Waals surface area contributed by atoms with E-state index in [2.05, 4.69) is 45.4 Å². The van der Waals surface area contributed by atoms with E-state index in [-0.39, 0.29) is 11.8 Å². The molecule has 2 aromatic rings. The van der Waals surface area contributed by atoms with E-state index in [1.165, 1.54) is 18.4 Å². The molecular weight excluding hydrogens is 362 g/mol. The summed E-state index contributed by atoms with van der Waals surface area (Å²) < 4.78 is 5.34. The smallest absolute Gasteiger partial charge is 0.224 e. The Kier molecular flexibility index (Phi) is 7.01. The first-order chi connectivity index (χ1) is 14.3. The second-order valence-corrected chi connectivity index (χ2v) is 8.45. The molecule has 29 heavy (non-hydrogen) atoms. The van der Waals surface area contributed by atoms with Crippen LogP contribution in [0.3, 0.4) is 0 Å². The highest BCUT2D eigenvalue weighted by Crippen LogP contribution is 2.24. The molecule has 2 saturated heterocycles. The first-order valence-electron chi connectivity index (χ1n) is 11.1. The molecule has 1 aromatic carbocycles. The predicted octanol–water partition coefficient (Wildman–Crippen LogP) is 3.31. The van der Waals surface area contributed by atoms with Crippen molar-refractivity contribution in [3.63, 3.8) is 0 Å². The number of rotatable bonds is 7. The summed E-state index contributed by atoms with van der Waals surface area (Å²) >= 11 is 0. The zero-order valence-corrected chi connectivity index (χ0v) is 17.3. The van der Waals surface area contributed by atoms with Gasteiger partial charge in [-0.2, -0.15) is 0 Å². The van der Waals surface area contributed by atoms with E-state index in [0.717, 1.165) is 57.7 Å². The van der Waals surface area contributed by atoms with Gasteiger partial charge in [0.2, 0.25) is 5.91 Å². The summed E-state index contributed by atoms with van der Waals surface area (Å²) in [7, 11) is 0. The van der Waals surface area contributed by atoms with E-state index in [1.54, 1.807) is 6.26 Å². The van der Waals surface area contributed by atoms with E-state index in [1.807, 2.05) is 12.1 Å². The van der Waals surface area contributed by atoms with Crippen LogP contribution in [0.4, 0.5) is 0 Å². The van der Waals surface area contributed by atoms with Crippen LogP contribution in [0.2, 0.25) is 0 Å². The van der Waals surface area contributed by atoms with Crippen molar-refractivity contribution >= 4 is 5.91 Å². The molecule has 0 radical (unpaired) electrons. The third-order valence-electron chi connectivity index (χ3n) is 6.40. The molecule has 2 aliphatic heterocycles. The lowest BCUT2D eigenvalue weighted by Gasteiger charge is -2.42. The van der Waals surface area contributed by atoms with Crippen LogP contribution in [0.1, 0.15) is 37.0 Å². The fraction of sp³-hybridized carbons (Fsp3) is 0.542. The highest BCUT2D eigenvalue weighted by Gasteiger charge is 2.31. The zero-order chi connectivity index (χ0) is 19.9. The van der Waals surface area contributed by atoms with Gasteiger partial charge in [-0.25, -0.2) is 0 Å². The monoisotopic (exact) mass is 395 g/mol.